The standard InChI is InChI=1S/C20H19NO2/c1-13-7-5-8-15-9-6-12-21(18(13)15)20(22)19-14(2)16-10-3-4-11-17(16)23-19/h3-5,7-8,10-11H,6,9,12H2,1-2H3. The van der Waals surface area contributed by atoms with Crippen LogP contribution < -0.4 is 4.90 Å². The number of fused-ring (bicyclic) bond motifs is 2. The quantitative estimate of drug-likeness (QED) is 0.656. The van der Waals surface area contributed by atoms with E-state index in [1.54, 1.807) is 0 Å². The Hall–Kier alpha value is -2.55. The molecule has 0 fully saturated rings. The number of nitrogens with zero attached hydrogens (tertiary/aromatic N) is 1. The molecular weight excluding hydrogens is 286 g/mol. The monoisotopic (exact) mass is 305 g/mol. The molecule has 23 heavy (non-hydrogen) atoms. The van der Waals surface area contributed by atoms with Gasteiger partial charge in [0, 0.05) is 17.5 Å². The van der Waals surface area contributed by atoms with E-state index in [-0.39, 0.29) is 5.91 Å². The Morgan fingerprint density at radius 3 is 2.74 bits per heavy atom. The summed E-state index contributed by atoms with van der Waals surface area (Å²) in [5.41, 5.74) is 5.15. The van der Waals surface area contributed by atoms with E-state index in [1.807, 2.05) is 36.1 Å². The Morgan fingerprint density at radius 1 is 1.09 bits per heavy atom. The number of carbonyl (C=O) groups is 1. The lowest BCUT2D eigenvalue weighted by molar-refractivity contribution is 0.0959. The average molecular weight is 305 g/mol. The Bertz CT molecular complexity index is 907. The Labute approximate surface area is 135 Å². The van der Waals surface area contributed by atoms with Crippen molar-refractivity contribution in [1.29, 1.82) is 0 Å². The predicted molar refractivity (Wildman–Crippen MR) is 92.1 cm³/mol. The summed E-state index contributed by atoms with van der Waals surface area (Å²) in [6.07, 6.45) is 2.02. The van der Waals surface area contributed by atoms with Crippen molar-refractivity contribution in [1.82, 2.24) is 0 Å². The summed E-state index contributed by atoms with van der Waals surface area (Å²) in [5.74, 6) is 0.427. The van der Waals surface area contributed by atoms with Gasteiger partial charge in [0.1, 0.15) is 5.58 Å². The van der Waals surface area contributed by atoms with Crippen molar-refractivity contribution >= 4 is 22.6 Å². The molecule has 0 N–H and O–H groups in total. The van der Waals surface area contributed by atoms with Crippen molar-refractivity contribution < 1.29 is 9.21 Å². The van der Waals surface area contributed by atoms with Crippen LogP contribution in [0.15, 0.2) is 46.9 Å². The second-order valence-electron chi connectivity index (χ2n) is 6.20. The minimum Gasteiger partial charge on any atom is -0.451 e. The highest BCUT2D eigenvalue weighted by molar-refractivity contribution is 6.08. The summed E-state index contributed by atoms with van der Waals surface area (Å²) in [6.45, 7) is 4.77. The molecule has 0 atom stereocenters. The highest BCUT2D eigenvalue weighted by Crippen LogP contribution is 2.33. The van der Waals surface area contributed by atoms with Gasteiger partial charge in [-0.3, -0.25) is 4.79 Å². The third-order valence-corrected chi connectivity index (χ3v) is 4.70. The number of para-hydroxylation sites is 2. The van der Waals surface area contributed by atoms with Gasteiger partial charge in [-0.25, -0.2) is 0 Å². The van der Waals surface area contributed by atoms with E-state index in [4.69, 9.17) is 4.42 Å². The summed E-state index contributed by atoms with van der Waals surface area (Å²) in [7, 11) is 0. The van der Waals surface area contributed by atoms with Crippen molar-refractivity contribution in [3.8, 4) is 0 Å². The molecule has 1 amide bonds. The zero-order valence-electron chi connectivity index (χ0n) is 13.4. The van der Waals surface area contributed by atoms with E-state index in [0.717, 1.165) is 47.2 Å². The molecule has 3 aromatic rings. The predicted octanol–water partition coefficient (Wildman–Crippen LogP) is 4.64. The fourth-order valence-electron chi connectivity index (χ4n) is 3.55. The van der Waals surface area contributed by atoms with Gasteiger partial charge in [-0.2, -0.15) is 0 Å². The zero-order chi connectivity index (χ0) is 16.0. The van der Waals surface area contributed by atoms with Crippen molar-refractivity contribution in [3.05, 3.63) is 64.9 Å². The van der Waals surface area contributed by atoms with E-state index in [0.29, 0.717) is 5.76 Å². The number of hydrogen-bond donors (Lipinski definition) is 0. The molecule has 0 spiro atoms. The number of aryl methyl sites for hydroxylation is 3. The first-order valence-electron chi connectivity index (χ1n) is 8.05. The molecular formula is C20H19NO2. The lowest BCUT2D eigenvalue weighted by Gasteiger charge is -2.30. The van der Waals surface area contributed by atoms with E-state index >= 15 is 0 Å². The maximum atomic E-state index is 13.1. The molecule has 116 valence electrons. The van der Waals surface area contributed by atoms with Gasteiger partial charge in [0.25, 0.3) is 5.91 Å². The SMILES string of the molecule is Cc1cccc2c1N(C(=O)c1oc3ccccc3c1C)CCC2. The first kappa shape index (κ1) is 14.1. The van der Waals surface area contributed by atoms with Crippen LogP contribution in [0, 0.1) is 13.8 Å². The third kappa shape index (κ3) is 2.15. The smallest absolute Gasteiger partial charge is 0.294 e. The number of furan rings is 1. The van der Waals surface area contributed by atoms with E-state index < -0.39 is 0 Å². The van der Waals surface area contributed by atoms with E-state index in [1.165, 1.54) is 5.56 Å². The summed E-state index contributed by atoms with van der Waals surface area (Å²) < 4.78 is 5.88. The fourth-order valence-corrected chi connectivity index (χ4v) is 3.55. The third-order valence-electron chi connectivity index (χ3n) is 4.70. The topological polar surface area (TPSA) is 33.5 Å². The van der Waals surface area contributed by atoms with Crippen molar-refractivity contribution in [2.45, 2.75) is 26.7 Å². The summed E-state index contributed by atoms with van der Waals surface area (Å²) in [4.78, 5) is 15.0. The van der Waals surface area contributed by atoms with Gasteiger partial charge in [-0.05, 0) is 43.9 Å². The van der Waals surface area contributed by atoms with Gasteiger partial charge < -0.3 is 9.32 Å². The van der Waals surface area contributed by atoms with Crippen LogP contribution in [0.1, 0.15) is 33.7 Å². The van der Waals surface area contributed by atoms with E-state index in [2.05, 4.69) is 25.1 Å². The molecule has 3 nitrogen and oxygen atoms in total. The minimum absolute atomic E-state index is 0.0334. The lowest BCUT2D eigenvalue weighted by atomic mass is 9.98. The van der Waals surface area contributed by atoms with Crippen LogP contribution in [0.3, 0.4) is 0 Å². The average Bonchev–Trinajstić information content (AvgIpc) is 2.91. The number of anilines is 1. The van der Waals surface area contributed by atoms with Crippen LogP contribution >= 0.6 is 0 Å². The molecule has 0 unspecified atom stereocenters. The van der Waals surface area contributed by atoms with Gasteiger partial charge in [0.15, 0.2) is 5.76 Å². The van der Waals surface area contributed by atoms with Gasteiger partial charge >= 0.3 is 0 Å². The van der Waals surface area contributed by atoms with E-state index in [9.17, 15) is 4.79 Å². The molecule has 2 heterocycles. The molecule has 0 saturated carbocycles. The van der Waals surface area contributed by atoms with Gasteiger partial charge in [-0.15, -0.1) is 0 Å². The summed E-state index contributed by atoms with van der Waals surface area (Å²) in [6, 6.07) is 14.1. The molecule has 1 aliphatic rings. The number of hydrogen-bond acceptors (Lipinski definition) is 2. The molecule has 1 aromatic heterocycles. The Morgan fingerprint density at radius 2 is 1.91 bits per heavy atom. The highest BCUT2D eigenvalue weighted by atomic mass is 16.3. The van der Waals surface area contributed by atoms with Crippen LogP contribution in [-0.4, -0.2) is 12.5 Å². The van der Waals surface area contributed by atoms with Crippen molar-refractivity contribution in [3.63, 3.8) is 0 Å². The van der Waals surface area contributed by atoms with Gasteiger partial charge in [-0.1, -0.05) is 36.4 Å². The molecule has 2 aromatic carbocycles. The normalized spacial score (nSPS) is 14.1. The summed E-state index contributed by atoms with van der Waals surface area (Å²) >= 11 is 0. The first-order valence-corrected chi connectivity index (χ1v) is 8.05. The minimum atomic E-state index is -0.0334. The maximum Gasteiger partial charge on any atom is 0.294 e. The second kappa shape index (κ2) is 5.27. The molecule has 0 aliphatic carbocycles. The largest absolute Gasteiger partial charge is 0.451 e. The Kier molecular flexibility index (Phi) is 3.22. The fraction of sp³-hybridized carbons (Fsp3) is 0.250. The Balaban J connectivity index is 1.83. The van der Waals surface area contributed by atoms with Crippen LogP contribution in [0.25, 0.3) is 11.0 Å². The van der Waals surface area contributed by atoms with Crippen molar-refractivity contribution in [2.24, 2.45) is 0 Å². The number of carbonyl (C=O) groups excluding carboxylic acids is 1. The number of rotatable bonds is 1. The van der Waals surface area contributed by atoms with Gasteiger partial charge in [0.05, 0.1) is 5.69 Å². The number of amides is 1. The maximum absolute atomic E-state index is 13.1. The van der Waals surface area contributed by atoms with Crippen LogP contribution in [0.4, 0.5) is 5.69 Å². The molecule has 0 saturated heterocycles. The first-order chi connectivity index (χ1) is 11.2. The van der Waals surface area contributed by atoms with Crippen LogP contribution in [0.5, 0.6) is 0 Å². The van der Waals surface area contributed by atoms with Crippen LogP contribution in [-0.2, 0) is 6.42 Å². The molecule has 1 aliphatic heterocycles. The second-order valence-corrected chi connectivity index (χ2v) is 6.20. The van der Waals surface area contributed by atoms with Crippen LogP contribution in [0.2, 0.25) is 0 Å². The molecule has 3 heteroatoms. The molecule has 0 bridgehead atoms. The highest BCUT2D eigenvalue weighted by Gasteiger charge is 2.28. The molecule has 4 rings (SSSR count). The molecule has 0 radical (unpaired) electrons. The zero-order valence-corrected chi connectivity index (χ0v) is 13.4. The van der Waals surface area contributed by atoms with Gasteiger partial charge in [0.2, 0.25) is 0 Å². The number of benzene rings is 2. The summed E-state index contributed by atoms with van der Waals surface area (Å²) in [5, 5.41) is 1.01. The van der Waals surface area contributed by atoms with Crippen molar-refractivity contribution in [2.75, 3.05) is 11.4 Å². The lowest BCUT2D eigenvalue weighted by Crippen LogP contribution is -2.36.